The van der Waals surface area contributed by atoms with Crippen LogP contribution in [-0.4, -0.2) is 55.2 Å². The highest BCUT2D eigenvalue weighted by atomic mass is 16.5. The predicted molar refractivity (Wildman–Crippen MR) is 106 cm³/mol. The first-order valence-electron chi connectivity index (χ1n) is 9.65. The Morgan fingerprint density at radius 2 is 2.11 bits per heavy atom. The van der Waals surface area contributed by atoms with Crippen LogP contribution < -0.4 is 9.64 Å². The average Bonchev–Trinajstić information content (AvgIpc) is 3.29. The number of carbonyl (C=O) groups is 2. The number of carbonyl (C=O) groups excluding carboxylic acids is 1. The van der Waals surface area contributed by atoms with Gasteiger partial charge in [0.25, 0.3) is 0 Å². The Morgan fingerprint density at radius 3 is 2.86 bits per heavy atom. The van der Waals surface area contributed by atoms with Gasteiger partial charge < -0.3 is 19.6 Å². The second-order valence-electron chi connectivity index (χ2n) is 7.78. The molecule has 3 aliphatic heterocycles. The van der Waals surface area contributed by atoms with Crippen molar-refractivity contribution in [2.45, 2.75) is 24.8 Å². The number of hydrogen-bond donors (Lipinski definition) is 1. The van der Waals surface area contributed by atoms with E-state index in [0.29, 0.717) is 30.4 Å². The number of aldehydes is 1. The molecule has 1 saturated heterocycles. The molecule has 2 aromatic carbocycles. The summed E-state index contributed by atoms with van der Waals surface area (Å²) in [4.78, 5) is 27.2. The number of amides is 1. The highest BCUT2D eigenvalue weighted by molar-refractivity contribution is 5.90. The molecule has 3 heterocycles. The highest BCUT2D eigenvalue weighted by Crippen LogP contribution is 2.51. The van der Waals surface area contributed by atoms with Crippen molar-refractivity contribution in [3.05, 3.63) is 47.0 Å². The van der Waals surface area contributed by atoms with Gasteiger partial charge >= 0.3 is 6.09 Å². The molecule has 1 N–H and O–H groups in total. The van der Waals surface area contributed by atoms with Gasteiger partial charge in [-0.1, -0.05) is 0 Å². The van der Waals surface area contributed by atoms with E-state index in [-0.39, 0.29) is 5.92 Å². The molecule has 2 atom stereocenters. The van der Waals surface area contributed by atoms with E-state index >= 15 is 0 Å². The molecule has 0 aromatic heterocycles. The molecule has 2 aromatic rings. The van der Waals surface area contributed by atoms with E-state index in [2.05, 4.69) is 17.0 Å². The number of anilines is 1. The Labute approximate surface area is 163 Å². The molecule has 3 aliphatic rings. The summed E-state index contributed by atoms with van der Waals surface area (Å²) in [7, 11) is 1.59. The monoisotopic (exact) mass is 378 g/mol. The Balaban J connectivity index is 1.61. The van der Waals surface area contributed by atoms with Gasteiger partial charge in [0.2, 0.25) is 0 Å². The molecule has 5 rings (SSSR count). The summed E-state index contributed by atoms with van der Waals surface area (Å²) in [5, 5.41) is 9.45. The van der Waals surface area contributed by atoms with E-state index in [9.17, 15) is 14.7 Å². The van der Waals surface area contributed by atoms with Crippen LogP contribution in [0.5, 0.6) is 5.75 Å². The quantitative estimate of drug-likeness (QED) is 0.829. The molecule has 144 valence electrons. The third-order valence-electron chi connectivity index (χ3n) is 6.47. The second kappa shape index (κ2) is 6.26. The lowest BCUT2D eigenvalue weighted by Crippen LogP contribution is -2.47. The summed E-state index contributed by atoms with van der Waals surface area (Å²) in [6, 6.07) is 10.3. The fourth-order valence-electron chi connectivity index (χ4n) is 5.20. The maximum absolute atomic E-state index is 11.7. The lowest BCUT2D eigenvalue weighted by atomic mass is 9.85. The Morgan fingerprint density at radius 1 is 1.25 bits per heavy atom. The van der Waals surface area contributed by atoms with E-state index in [1.165, 1.54) is 21.7 Å². The van der Waals surface area contributed by atoms with Gasteiger partial charge in [0.1, 0.15) is 5.75 Å². The molecule has 6 nitrogen and oxygen atoms in total. The number of methoxy groups -OCH3 is 1. The number of ether oxygens (including phenoxy) is 1. The normalized spacial score (nSPS) is 22.0. The summed E-state index contributed by atoms with van der Waals surface area (Å²) < 4.78 is 5.25. The van der Waals surface area contributed by atoms with Crippen molar-refractivity contribution < 1.29 is 19.4 Å². The van der Waals surface area contributed by atoms with Crippen LogP contribution in [0.2, 0.25) is 0 Å². The standard InChI is InChI=1S/C22H22N2O4/c1-28-16-2-3-17(15(9-16)12-25)14-8-13-4-7-24-20-5-6-23(22(26)27)11-19(20)18(10-14)21(13)24/h2-3,8-10,12,19-20H,4-7,11H2,1H3,(H,26,27)/t19-,20-/m0/s1. The molecule has 0 unspecified atom stereocenters. The van der Waals surface area contributed by atoms with Crippen LogP contribution in [0.1, 0.15) is 33.8 Å². The van der Waals surface area contributed by atoms with Gasteiger partial charge in [-0.3, -0.25) is 4.79 Å². The number of carboxylic acid groups (broad SMARTS) is 1. The fraction of sp³-hybridized carbons (Fsp3) is 0.364. The molecule has 1 amide bonds. The van der Waals surface area contributed by atoms with E-state index < -0.39 is 6.09 Å². The van der Waals surface area contributed by atoms with Crippen molar-refractivity contribution >= 4 is 18.1 Å². The van der Waals surface area contributed by atoms with Gasteiger partial charge in [-0.05, 0) is 65.4 Å². The Kier molecular flexibility index (Phi) is 3.82. The molecule has 1 fully saturated rings. The lowest BCUT2D eigenvalue weighted by molar-refractivity contribution is 0.112. The zero-order valence-electron chi connectivity index (χ0n) is 15.7. The molecule has 0 saturated carbocycles. The van der Waals surface area contributed by atoms with Gasteiger partial charge in [-0.2, -0.15) is 0 Å². The second-order valence-corrected chi connectivity index (χ2v) is 7.78. The van der Waals surface area contributed by atoms with Crippen LogP contribution in [0.3, 0.4) is 0 Å². The Hall–Kier alpha value is -3.02. The molecular weight excluding hydrogens is 356 g/mol. The first-order chi connectivity index (χ1) is 13.6. The van der Waals surface area contributed by atoms with Crippen LogP contribution in [0, 0.1) is 0 Å². The van der Waals surface area contributed by atoms with Crippen molar-refractivity contribution in [1.82, 2.24) is 4.90 Å². The van der Waals surface area contributed by atoms with Crippen LogP contribution in [0.4, 0.5) is 10.5 Å². The van der Waals surface area contributed by atoms with Crippen molar-refractivity contribution in [2.75, 3.05) is 31.6 Å². The maximum Gasteiger partial charge on any atom is 0.407 e. The van der Waals surface area contributed by atoms with Crippen LogP contribution in [-0.2, 0) is 6.42 Å². The van der Waals surface area contributed by atoms with Crippen molar-refractivity contribution in [3.63, 3.8) is 0 Å². The van der Waals surface area contributed by atoms with Crippen LogP contribution in [0.15, 0.2) is 30.3 Å². The van der Waals surface area contributed by atoms with Gasteiger partial charge in [0.15, 0.2) is 6.29 Å². The number of piperidine rings is 1. The molecule has 28 heavy (non-hydrogen) atoms. The summed E-state index contributed by atoms with van der Waals surface area (Å²) in [5.74, 6) is 0.851. The van der Waals surface area contributed by atoms with E-state index in [1.807, 2.05) is 12.1 Å². The number of likely N-dealkylation sites (tertiary alicyclic amines) is 1. The number of hydrogen-bond acceptors (Lipinski definition) is 4. The van der Waals surface area contributed by atoms with Gasteiger partial charge in [0, 0.05) is 42.8 Å². The summed E-state index contributed by atoms with van der Waals surface area (Å²) in [5.41, 5.74) is 6.35. The third kappa shape index (κ3) is 2.40. The maximum atomic E-state index is 11.7. The number of benzene rings is 2. The van der Waals surface area contributed by atoms with E-state index in [4.69, 9.17) is 4.74 Å². The SMILES string of the molecule is COc1ccc(-c2cc3c4c(c2)[C@@H]2CN(C(=O)O)CC[C@@H]2N4CC3)c(C=O)c1. The molecule has 0 spiro atoms. The minimum Gasteiger partial charge on any atom is -0.497 e. The summed E-state index contributed by atoms with van der Waals surface area (Å²) in [6.07, 6.45) is 1.88. The first-order valence-corrected chi connectivity index (χ1v) is 9.65. The van der Waals surface area contributed by atoms with Crippen LogP contribution >= 0.6 is 0 Å². The largest absolute Gasteiger partial charge is 0.497 e. The number of fused-ring (bicyclic) bond motifs is 3. The fourth-order valence-corrected chi connectivity index (χ4v) is 5.20. The van der Waals surface area contributed by atoms with E-state index in [0.717, 1.165) is 36.8 Å². The number of rotatable bonds is 3. The van der Waals surface area contributed by atoms with Gasteiger partial charge in [-0.25, -0.2) is 4.79 Å². The molecule has 0 radical (unpaired) electrons. The smallest absolute Gasteiger partial charge is 0.407 e. The van der Waals surface area contributed by atoms with Gasteiger partial charge in [-0.15, -0.1) is 0 Å². The average molecular weight is 378 g/mol. The minimum absolute atomic E-state index is 0.191. The van der Waals surface area contributed by atoms with Crippen molar-refractivity contribution in [3.8, 4) is 16.9 Å². The summed E-state index contributed by atoms with van der Waals surface area (Å²) in [6.45, 7) is 2.12. The Bertz CT molecular complexity index is 987. The zero-order chi connectivity index (χ0) is 19.4. The zero-order valence-corrected chi connectivity index (χ0v) is 15.7. The molecule has 0 bridgehead atoms. The third-order valence-corrected chi connectivity index (χ3v) is 6.47. The highest BCUT2D eigenvalue weighted by Gasteiger charge is 2.45. The predicted octanol–water partition coefficient (Wildman–Crippen LogP) is 3.39. The first kappa shape index (κ1) is 17.1. The van der Waals surface area contributed by atoms with E-state index in [1.54, 1.807) is 13.2 Å². The summed E-state index contributed by atoms with van der Waals surface area (Å²) >= 11 is 0. The van der Waals surface area contributed by atoms with Crippen molar-refractivity contribution in [2.24, 2.45) is 0 Å². The molecular formula is C22H22N2O4. The minimum atomic E-state index is -0.842. The number of nitrogens with zero attached hydrogens (tertiary/aromatic N) is 2. The molecule has 6 heteroatoms. The van der Waals surface area contributed by atoms with Gasteiger partial charge in [0.05, 0.1) is 7.11 Å². The lowest BCUT2D eigenvalue weighted by Gasteiger charge is -2.37. The molecule has 0 aliphatic carbocycles. The van der Waals surface area contributed by atoms with Crippen molar-refractivity contribution in [1.29, 1.82) is 0 Å². The van der Waals surface area contributed by atoms with Crippen LogP contribution in [0.25, 0.3) is 11.1 Å². The topological polar surface area (TPSA) is 70.1 Å².